The first-order valence-electron chi connectivity index (χ1n) is 4.51. The molecule has 1 rings (SSSR count). The smallest absolute Gasteiger partial charge is 0.241 e. The summed E-state index contributed by atoms with van der Waals surface area (Å²) in [5.41, 5.74) is 0. The molecule has 0 bridgehead atoms. The number of amides is 1. The predicted octanol–water partition coefficient (Wildman–Crippen LogP) is 0.617. The third-order valence-corrected chi connectivity index (χ3v) is 1.98. The molecule has 5 heteroatoms. The fraction of sp³-hybridized carbons (Fsp3) is 0.400. The molecule has 0 saturated carbocycles. The number of carbonyl (C=O) groups is 2. The Bertz CT molecular complexity index is 357. The summed E-state index contributed by atoms with van der Waals surface area (Å²) in [5, 5.41) is 0. The van der Waals surface area contributed by atoms with Crippen LogP contribution >= 0.6 is 0 Å². The minimum absolute atomic E-state index is 0.0263. The second-order valence-corrected chi connectivity index (χ2v) is 3.44. The highest BCUT2D eigenvalue weighted by molar-refractivity contribution is 5.80. The van der Waals surface area contributed by atoms with Crippen molar-refractivity contribution in [2.75, 3.05) is 32.6 Å². The summed E-state index contributed by atoms with van der Waals surface area (Å²) in [4.78, 5) is 24.9. The molecule has 0 N–H and O–H groups in total. The van der Waals surface area contributed by atoms with Crippen LogP contribution in [0.2, 0.25) is 0 Å². The Morgan fingerprint density at radius 1 is 1.40 bits per heavy atom. The first-order valence-corrected chi connectivity index (χ1v) is 4.51. The molecule has 1 aromatic rings. The highest BCUT2D eigenvalue weighted by atomic mass is 16.4. The number of rotatable bonds is 4. The zero-order valence-corrected chi connectivity index (χ0v) is 9.06. The second kappa shape index (κ2) is 4.63. The van der Waals surface area contributed by atoms with E-state index < -0.39 is 0 Å². The fourth-order valence-corrected chi connectivity index (χ4v) is 1.03. The average Bonchev–Trinajstić information content (AvgIpc) is 2.65. The van der Waals surface area contributed by atoms with Crippen LogP contribution in [0.5, 0.6) is 0 Å². The molecule has 0 aliphatic carbocycles. The van der Waals surface area contributed by atoms with Crippen molar-refractivity contribution in [3.8, 4) is 0 Å². The Labute approximate surface area is 88.3 Å². The standard InChI is InChI=1S/C10H14N2O3/c1-11(2)9(14)6-12(3)10-5-4-8(7-13)15-10/h4-5,7H,6H2,1-3H3. The first-order chi connectivity index (χ1) is 7.04. The van der Waals surface area contributed by atoms with Crippen LogP contribution in [0.25, 0.3) is 0 Å². The maximum Gasteiger partial charge on any atom is 0.241 e. The van der Waals surface area contributed by atoms with Crippen molar-refractivity contribution < 1.29 is 14.0 Å². The van der Waals surface area contributed by atoms with Gasteiger partial charge in [-0.1, -0.05) is 0 Å². The average molecular weight is 210 g/mol. The highest BCUT2D eigenvalue weighted by Crippen LogP contribution is 2.15. The Balaban J connectivity index is 2.64. The van der Waals surface area contributed by atoms with Gasteiger partial charge in [0.05, 0.1) is 6.54 Å². The Kier molecular flexibility index (Phi) is 3.49. The van der Waals surface area contributed by atoms with Crippen LogP contribution in [-0.4, -0.2) is 44.8 Å². The van der Waals surface area contributed by atoms with E-state index in [-0.39, 0.29) is 18.2 Å². The summed E-state index contributed by atoms with van der Waals surface area (Å²) >= 11 is 0. The quantitative estimate of drug-likeness (QED) is 0.683. The zero-order chi connectivity index (χ0) is 11.4. The van der Waals surface area contributed by atoms with Crippen LogP contribution in [0, 0.1) is 0 Å². The van der Waals surface area contributed by atoms with Gasteiger partial charge < -0.3 is 14.2 Å². The van der Waals surface area contributed by atoms with Gasteiger partial charge in [0, 0.05) is 27.2 Å². The number of nitrogens with zero attached hydrogens (tertiary/aromatic N) is 2. The topological polar surface area (TPSA) is 53.8 Å². The molecule has 0 fully saturated rings. The van der Waals surface area contributed by atoms with Crippen molar-refractivity contribution in [2.45, 2.75) is 0 Å². The maximum atomic E-state index is 11.4. The number of anilines is 1. The number of furan rings is 1. The molecule has 0 unspecified atom stereocenters. The van der Waals surface area contributed by atoms with Crippen LogP contribution in [0.1, 0.15) is 10.6 Å². The third-order valence-electron chi connectivity index (χ3n) is 1.98. The van der Waals surface area contributed by atoms with Crippen LogP contribution in [-0.2, 0) is 4.79 Å². The Morgan fingerprint density at radius 3 is 2.53 bits per heavy atom. The summed E-state index contributed by atoms with van der Waals surface area (Å²) in [6.07, 6.45) is 0.630. The van der Waals surface area contributed by atoms with Crippen LogP contribution < -0.4 is 4.90 Å². The zero-order valence-electron chi connectivity index (χ0n) is 9.06. The van der Waals surface area contributed by atoms with Crippen LogP contribution in [0.15, 0.2) is 16.5 Å². The lowest BCUT2D eigenvalue weighted by atomic mass is 10.4. The van der Waals surface area contributed by atoms with Crippen molar-refractivity contribution in [3.05, 3.63) is 17.9 Å². The molecule has 5 nitrogen and oxygen atoms in total. The maximum absolute atomic E-state index is 11.4. The van der Waals surface area contributed by atoms with E-state index in [1.54, 1.807) is 38.2 Å². The normalized spacial score (nSPS) is 9.80. The molecule has 1 amide bonds. The van der Waals surface area contributed by atoms with Gasteiger partial charge in [-0.2, -0.15) is 0 Å². The van der Waals surface area contributed by atoms with E-state index in [4.69, 9.17) is 4.42 Å². The molecule has 1 heterocycles. The van der Waals surface area contributed by atoms with E-state index in [2.05, 4.69) is 0 Å². The molecule has 1 aromatic heterocycles. The molecular weight excluding hydrogens is 196 g/mol. The van der Waals surface area contributed by atoms with Crippen molar-refractivity contribution in [2.24, 2.45) is 0 Å². The summed E-state index contributed by atoms with van der Waals surface area (Å²) in [7, 11) is 5.11. The summed E-state index contributed by atoms with van der Waals surface area (Å²) in [6, 6.07) is 3.23. The van der Waals surface area contributed by atoms with Crippen molar-refractivity contribution in [3.63, 3.8) is 0 Å². The SMILES string of the molecule is CN(C)C(=O)CN(C)c1ccc(C=O)o1. The van der Waals surface area contributed by atoms with Crippen LogP contribution in [0.4, 0.5) is 5.88 Å². The van der Waals surface area contributed by atoms with E-state index in [1.807, 2.05) is 0 Å². The molecule has 82 valence electrons. The van der Waals surface area contributed by atoms with Gasteiger partial charge in [0.15, 0.2) is 17.9 Å². The first kappa shape index (κ1) is 11.3. The summed E-state index contributed by atoms with van der Waals surface area (Å²) < 4.78 is 5.16. The van der Waals surface area contributed by atoms with Gasteiger partial charge in [0.25, 0.3) is 0 Å². The largest absolute Gasteiger partial charge is 0.438 e. The number of carbonyl (C=O) groups excluding carboxylic acids is 2. The van der Waals surface area contributed by atoms with E-state index in [0.29, 0.717) is 12.2 Å². The van der Waals surface area contributed by atoms with Crippen molar-refractivity contribution in [1.29, 1.82) is 0 Å². The Hall–Kier alpha value is -1.78. The van der Waals surface area contributed by atoms with E-state index in [1.165, 1.54) is 4.90 Å². The van der Waals surface area contributed by atoms with Crippen molar-refractivity contribution in [1.82, 2.24) is 4.90 Å². The molecule has 0 aromatic carbocycles. The summed E-state index contributed by atoms with van der Waals surface area (Å²) in [5.74, 6) is 0.739. The van der Waals surface area contributed by atoms with Gasteiger partial charge in [-0.05, 0) is 6.07 Å². The van der Waals surface area contributed by atoms with Crippen LogP contribution in [0.3, 0.4) is 0 Å². The molecule has 15 heavy (non-hydrogen) atoms. The minimum Gasteiger partial charge on any atom is -0.438 e. The lowest BCUT2D eigenvalue weighted by molar-refractivity contribution is -0.127. The van der Waals surface area contributed by atoms with Gasteiger partial charge in [0.1, 0.15) is 0 Å². The molecule has 0 spiro atoms. The van der Waals surface area contributed by atoms with Gasteiger partial charge in [-0.25, -0.2) is 0 Å². The highest BCUT2D eigenvalue weighted by Gasteiger charge is 2.11. The lowest BCUT2D eigenvalue weighted by Crippen LogP contribution is -2.34. The minimum atomic E-state index is -0.0263. The van der Waals surface area contributed by atoms with Gasteiger partial charge >= 0.3 is 0 Å². The molecule has 0 saturated heterocycles. The molecular formula is C10H14N2O3. The number of hydrogen-bond donors (Lipinski definition) is 0. The molecule has 0 aliphatic rings. The third kappa shape index (κ3) is 2.83. The van der Waals surface area contributed by atoms with E-state index in [0.717, 1.165) is 0 Å². The fourth-order valence-electron chi connectivity index (χ4n) is 1.03. The Morgan fingerprint density at radius 2 is 2.07 bits per heavy atom. The lowest BCUT2D eigenvalue weighted by Gasteiger charge is -2.18. The molecule has 0 atom stereocenters. The number of likely N-dealkylation sites (N-methyl/N-ethyl adjacent to an activating group) is 2. The predicted molar refractivity (Wildman–Crippen MR) is 56.1 cm³/mol. The van der Waals surface area contributed by atoms with Gasteiger partial charge in [-0.15, -0.1) is 0 Å². The number of aldehydes is 1. The van der Waals surface area contributed by atoms with E-state index >= 15 is 0 Å². The molecule has 0 aliphatic heterocycles. The second-order valence-electron chi connectivity index (χ2n) is 3.44. The monoisotopic (exact) mass is 210 g/mol. The number of hydrogen-bond acceptors (Lipinski definition) is 4. The van der Waals surface area contributed by atoms with Crippen molar-refractivity contribution >= 4 is 18.1 Å². The van der Waals surface area contributed by atoms with Gasteiger partial charge in [0.2, 0.25) is 5.91 Å². The summed E-state index contributed by atoms with van der Waals surface area (Å²) in [6.45, 7) is 0.221. The van der Waals surface area contributed by atoms with Gasteiger partial charge in [-0.3, -0.25) is 9.59 Å². The van der Waals surface area contributed by atoms with E-state index in [9.17, 15) is 9.59 Å². The molecule has 0 radical (unpaired) electrons.